The van der Waals surface area contributed by atoms with E-state index in [1.165, 1.54) is 18.4 Å². The number of nitrogens with one attached hydrogen (secondary N) is 1. The van der Waals surface area contributed by atoms with Crippen LogP contribution in [0, 0.1) is 12.8 Å². The molecule has 0 unspecified atom stereocenters. The SMILES string of the molecule is COc1c(NCc2noc(C)n2)sc(C(=O)C2CC2)c1N. The van der Waals surface area contributed by atoms with Crippen molar-refractivity contribution in [2.75, 3.05) is 18.2 Å². The smallest absolute Gasteiger partial charge is 0.223 e. The first-order chi connectivity index (χ1) is 10.1. The van der Waals surface area contributed by atoms with Crippen LogP contribution in [0.25, 0.3) is 0 Å². The topological polar surface area (TPSA) is 103 Å². The highest BCUT2D eigenvalue weighted by Crippen LogP contribution is 2.46. The van der Waals surface area contributed by atoms with Gasteiger partial charge in [0.15, 0.2) is 17.4 Å². The van der Waals surface area contributed by atoms with Crippen molar-refractivity contribution in [3.05, 3.63) is 16.6 Å². The Labute approximate surface area is 125 Å². The molecule has 1 aliphatic carbocycles. The summed E-state index contributed by atoms with van der Waals surface area (Å²) in [5, 5.41) is 7.66. The molecule has 0 saturated heterocycles. The Bertz CT molecular complexity index is 675. The molecule has 1 saturated carbocycles. The molecule has 0 atom stereocenters. The third-order valence-corrected chi connectivity index (χ3v) is 4.41. The van der Waals surface area contributed by atoms with Gasteiger partial charge in [-0.05, 0) is 12.8 Å². The quantitative estimate of drug-likeness (QED) is 0.789. The molecule has 0 spiro atoms. The molecule has 7 nitrogen and oxygen atoms in total. The number of rotatable bonds is 6. The lowest BCUT2D eigenvalue weighted by atomic mass is 10.2. The summed E-state index contributed by atoms with van der Waals surface area (Å²) in [6, 6.07) is 0. The van der Waals surface area contributed by atoms with E-state index in [1.807, 2.05) is 0 Å². The summed E-state index contributed by atoms with van der Waals surface area (Å²) in [6.07, 6.45) is 1.90. The molecule has 0 aliphatic heterocycles. The van der Waals surface area contributed by atoms with Crippen molar-refractivity contribution in [3.8, 4) is 5.75 Å². The van der Waals surface area contributed by atoms with Crippen LogP contribution in [0.1, 0.15) is 34.2 Å². The predicted molar refractivity (Wildman–Crippen MR) is 78.7 cm³/mol. The van der Waals surface area contributed by atoms with Crippen molar-refractivity contribution in [2.45, 2.75) is 26.3 Å². The zero-order chi connectivity index (χ0) is 15.0. The van der Waals surface area contributed by atoms with E-state index in [4.69, 9.17) is 15.0 Å². The molecule has 0 aromatic carbocycles. The van der Waals surface area contributed by atoms with Crippen LogP contribution in [0.5, 0.6) is 5.75 Å². The van der Waals surface area contributed by atoms with Crippen LogP contribution in [0.15, 0.2) is 4.52 Å². The number of carbonyl (C=O) groups excluding carboxylic acids is 1. The Morgan fingerprint density at radius 2 is 2.33 bits per heavy atom. The maximum absolute atomic E-state index is 12.2. The van der Waals surface area contributed by atoms with Crippen LogP contribution in [0.2, 0.25) is 0 Å². The fraction of sp³-hybridized carbons (Fsp3) is 0.462. The standard InChI is InChI=1S/C13H16N4O3S/c1-6-16-8(17-20-6)5-15-13-11(19-2)9(14)12(21-13)10(18)7-3-4-7/h7,15H,3-5,14H2,1-2H3. The van der Waals surface area contributed by atoms with Gasteiger partial charge in [0.2, 0.25) is 5.89 Å². The van der Waals surface area contributed by atoms with E-state index in [0.29, 0.717) is 39.6 Å². The Hall–Kier alpha value is -2.09. The maximum atomic E-state index is 12.2. The van der Waals surface area contributed by atoms with Gasteiger partial charge >= 0.3 is 0 Å². The van der Waals surface area contributed by atoms with Gasteiger partial charge < -0.3 is 20.3 Å². The molecule has 2 heterocycles. The zero-order valence-electron chi connectivity index (χ0n) is 11.8. The third-order valence-electron chi connectivity index (χ3n) is 3.25. The van der Waals surface area contributed by atoms with E-state index < -0.39 is 0 Å². The van der Waals surface area contributed by atoms with Crippen molar-refractivity contribution in [1.29, 1.82) is 0 Å². The molecule has 3 N–H and O–H groups in total. The van der Waals surface area contributed by atoms with Gasteiger partial charge in [-0.1, -0.05) is 5.16 Å². The molecule has 3 rings (SSSR count). The van der Waals surface area contributed by atoms with Gasteiger partial charge in [-0.25, -0.2) is 0 Å². The molecule has 21 heavy (non-hydrogen) atoms. The van der Waals surface area contributed by atoms with Gasteiger partial charge in [-0.3, -0.25) is 4.79 Å². The fourth-order valence-corrected chi connectivity index (χ4v) is 3.14. The summed E-state index contributed by atoms with van der Waals surface area (Å²) in [7, 11) is 1.54. The van der Waals surface area contributed by atoms with Crippen molar-refractivity contribution in [3.63, 3.8) is 0 Å². The highest BCUT2D eigenvalue weighted by Gasteiger charge is 2.34. The number of nitrogens with zero attached hydrogens (tertiary/aromatic N) is 2. The Balaban J connectivity index is 1.80. The number of methoxy groups -OCH3 is 1. The molecular weight excluding hydrogens is 292 g/mol. The summed E-state index contributed by atoms with van der Waals surface area (Å²) < 4.78 is 10.2. The lowest BCUT2D eigenvalue weighted by molar-refractivity contribution is 0.0972. The minimum Gasteiger partial charge on any atom is -0.492 e. The summed E-state index contributed by atoms with van der Waals surface area (Å²) in [5.41, 5.74) is 6.44. The molecule has 8 heteroatoms. The molecule has 0 bridgehead atoms. The Kier molecular flexibility index (Phi) is 3.54. The van der Waals surface area contributed by atoms with Crippen LogP contribution in [0.3, 0.4) is 0 Å². The van der Waals surface area contributed by atoms with E-state index >= 15 is 0 Å². The summed E-state index contributed by atoms with van der Waals surface area (Å²) >= 11 is 1.32. The van der Waals surface area contributed by atoms with Crippen molar-refractivity contribution in [1.82, 2.24) is 10.1 Å². The van der Waals surface area contributed by atoms with Crippen LogP contribution in [-0.2, 0) is 6.54 Å². The second-order valence-electron chi connectivity index (χ2n) is 4.93. The van der Waals surface area contributed by atoms with Crippen LogP contribution >= 0.6 is 11.3 Å². The number of hydrogen-bond donors (Lipinski definition) is 2. The van der Waals surface area contributed by atoms with E-state index in [0.717, 1.165) is 12.8 Å². The zero-order valence-corrected chi connectivity index (χ0v) is 12.6. The molecule has 2 aromatic heterocycles. The Morgan fingerprint density at radius 3 is 2.90 bits per heavy atom. The third kappa shape index (κ3) is 2.71. The minimum atomic E-state index is 0.110. The number of thiophene rings is 1. The number of ether oxygens (including phenoxy) is 1. The number of Topliss-reactive ketones (excluding diaryl/α,β-unsaturated/α-hetero) is 1. The number of nitrogens with two attached hydrogens (primary N) is 1. The number of aromatic nitrogens is 2. The van der Waals surface area contributed by atoms with E-state index in [2.05, 4.69) is 15.5 Å². The van der Waals surface area contributed by atoms with E-state index in [9.17, 15) is 4.79 Å². The highest BCUT2D eigenvalue weighted by atomic mass is 32.1. The summed E-state index contributed by atoms with van der Waals surface area (Å²) in [4.78, 5) is 16.9. The maximum Gasteiger partial charge on any atom is 0.223 e. The summed E-state index contributed by atoms with van der Waals surface area (Å²) in [6.45, 7) is 2.11. The second-order valence-corrected chi connectivity index (χ2v) is 5.95. The van der Waals surface area contributed by atoms with Gasteiger partial charge in [0, 0.05) is 12.8 Å². The minimum absolute atomic E-state index is 0.110. The first-order valence-corrected chi connectivity index (χ1v) is 7.45. The molecular formula is C13H16N4O3S. The van der Waals surface area contributed by atoms with Crippen LogP contribution in [-0.4, -0.2) is 23.0 Å². The lowest BCUT2D eigenvalue weighted by Gasteiger charge is -2.04. The van der Waals surface area contributed by atoms with Gasteiger partial charge in [0.05, 0.1) is 24.2 Å². The Morgan fingerprint density at radius 1 is 1.57 bits per heavy atom. The van der Waals surface area contributed by atoms with Crippen molar-refractivity contribution < 1.29 is 14.1 Å². The predicted octanol–water partition coefficient (Wildman–Crippen LogP) is 2.24. The van der Waals surface area contributed by atoms with Gasteiger partial charge in [-0.2, -0.15) is 4.98 Å². The number of aryl methyl sites for hydroxylation is 1. The molecule has 1 fully saturated rings. The molecule has 112 valence electrons. The number of ketones is 1. The van der Waals surface area contributed by atoms with Crippen LogP contribution < -0.4 is 15.8 Å². The van der Waals surface area contributed by atoms with Crippen molar-refractivity contribution >= 4 is 27.8 Å². The first kappa shape index (κ1) is 13.9. The second kappa shape index (κ2) is 5.36. The summed E-state index contributed by atoms with van der Waals surface area (Å²) in [5.74, 6) is 1.79. The average molecular weight is 308 g/mol. The lowest BCUT2D eigenvalue weighted by Crippen LogP contribution is -2.02. The van der Waals surface area contributed by atoms with Crippen molar-refractivity contribution in [2.24, 2.45) is 5.92 Å². The van der Waals surface area contributed by atoms with Gasteiger partial charge in [0.1, 0.15) is 5.00 Å². The average Bonchev–Trinajstić information content (AvgIpc) is 3.16. The normalized spacial score (nSPS) is 14.2. The number of carbonyl (C=O) groups is 1. The fourth-order valence-electron chi connectivity index (χ4n) is 2.03. The molecule has 0 amide bonds. The number of nitrogen functional groups attached to an aromatic ring is 1. The molecule has 2 aromatic rings. The molecule has 1 aliphatic rings. The number of anilines is 2. The largest absolute Gasteiger partial charge is 0.492 e. The van der Waals surface area contributed by atoms with E-state index in [1.54, 1.807) is 6.92 Å². The number of hydrogen-bond acceptors (Lipinski definition) is 8. The highest BCUT2D eigenvalue weighted by molar-refractivity contribution is 7.19. The van der Waals surface area contributed by atoms with E-state index in [-0.39, 0.29) is 11.7 Å². The first-order valence-electron chi connectivity index (χ1n) is 6.63. The monoisotopic (exact) mass is 308 g/mol. The van der Waals surface area contributed by atoms with Crippen LogP contribution in [0.4, 0.5) is 10.7 Å². The van der Waals surface area contributed by atoms with Gasteiger partial charge in [-0.15, -0.1) is 11.3 Å². The molecule has 0 radical (unpaired) electrons. The van der Waals surface area contributed by atoms with Gasteiger partial charge in [0.25, 0.3) is 0 Å².